The van der Waals surface area contributed by atoms with Gasteiger partial charge in [-0.25, -0.2) is 0 Å². The predicted octanol–water partition coefficient (Wildman–Crippen LogP) is 2.29. The number of rotatable bonds is 5. The normalized spacial score (nSPS) is 17.2. The number of para-hydroxylation sites is 1. The zero-order valence-electron chi connectivity index (χ0n) is 14.1. The maximum absolute atomic E-state index is 12.4. The smallest absolute Gasteiger partial charge is 0.264 e. The molecule has 1 aliphatic rings. The summed E-state index contributed by atoms with van der Waals surface area (Å²) in [5, 5.41) is 12.0. The molecule has 7 heteroatoms. The molecule has 0 spiro atoms. The van der Waals surface area contributed by atoms with E-state index in [2.05, 4.69) is 15.5 Å². The Kier molecular flexibility index (Phi) is 4.23. The summed E-state index contributed by atoms with van der Waals surface area (Å²) in [6, 6.07) is 9.87. The van der Waals surface area contributed by atoms with Crippen LogP contribution in [0.1, 0.15) is 18.7 Å². The van der Waals surface area contributed by atoms with E-state index in [1.165, 1.54) is 0 Å². The Balaban J connectivity index is 1.59. The van der Waals surface area contributed by atoms with Crippen molar-refractivity contribution in [1.29, 1.82) is 0 Å². The van der Waals surface area contributed by atoms with Gasteiger partial charge in [0.1, 0.15) is 12.2 Å². The summed E-state index contributed by atoms with van der Waals surface area (Å²) < 4.78 is 13.0. The van der Waals surface area contributed by atoms with Crippen LogP contribution in [-0.4, -0.2) is 39.9 Å². The van der Waals surface area contributed by atoms with Gasteiger partial charge in [-0.05, 0) is 25.0 Å². The number of fused-ring (bicyclic) bond motifs is 1. The molecule has 0 radical (unpaired) electrons. The number of benzene rings is 1. The van der Waals surface area contributed by atoms with Gasteiger partial charge in [0.05, 0.1) is 6.10 Å². The van der Waals surface area contributed by atoms with E-state index < -0.39 is 0 Å². The Bertz CT molecular complexity index is 893. The Morgan fingerprint density at radius 2 is 2.24 bits per heavy atom. The summed E-state index contributed by atoms with van der Waals surface area (Å²) in [5.74, 6) is 0.851. The molecule has 1 amide bonds. The largest absolute Gasteiger partial charge is 0.420 e. The van der Waals surface area contributed by atoms with Gasteiger partial charge in [-0.15, -0.1) is 10.2 Å². The number of hydrogen-bond acceptors (Lipinski definition) is 5. The highest BCUT2D eigenvalue weighted by molar-refractivity contribution is 5.88. The van der Waals surface area contributed by atoms with E-state index in [0.717, 1.165) is 36.0 Å². The average Bonchev–Trinajstić information content (AvgIpc) is 3.33. The lowest BCUT2D eigenvalue weighted by atomic mass is 10.2. The standard InChI is InChI=1S/C18H20N4O3/c1-12-20-21-18(25-12)16-9-13-5-2-3-7-15(13)22(16)11-17(23)19-10-14-6-4-8-24-14/h2-3,5,7,9,14H,4,6,8,10-11H2,1H3,(H,19,23)/t14-/m0/s1. The molecule has 4 rings (SSSR count). The summed E-state index contributed by atoms with van der Waals surface area (Å²) in [6.07, 6.45) is 2.19. The minimum atomic E-state index is -0.0608. The van der Waals surface area contributed by atoms with Crippen molar-refractivity contribution in [3.8, 4) is 11.6 Å². The second kappa shape index (κ2) is 6.68. The molecule has 7 nitrogen and oxygen atoms in total. The molecule has 2 aromatic heterocycles. The van der Waals surface area contributed by atoms with Gasteiger partial charge in [-0.3, -0.25) is 4.79 Å². The highest BCUT2D eigenvalue weighted by atomic mass is 16.5. The lowest BCUT2D eigenvalue weighted by Gasteiger charge is -2.12. The highest BCUT2D eigenvalue weighted by Crippen LogP contribution is 2.27. The number of nitrogens with zero attached hydrogens (tertiary/aromatic N) is 3. The van der Waals surface area contributed by atoms with E-state index in [1.807, 2.05) is 34.9 Å². The van der Waals surface area contributed by atoms with Gasteiger partial charge in [0, 0.05) is 31.0 Å². The number of aromatic nitrogens is 3. The molecule has 1 fully saturated rings. The molecule has 0 saturated carbocycles. The molecule has 1 atom stereocenters. The summed E-state index contributed by atoms with van der Waals surface area (Å²) in [4.78, 5) is 12.4. The second-order valence-corrected chi connectivity index (χ2v) is 6.24. The first kappa shape index (κ1) is 15.8. The second-order valence-electron chi connectivity index (χ2n) is 6.24. The van der Waals surface area contributed by atoms with E-state index in [1.54, 1.807) is 6.92 Å². The number of hydrogen-bond donors (Lipinski definition) is 1. The first-order chi connectivity index (χ1) is 12.2. The van der Waals surface area contributed by atoms with Crippen molar-refractivity contribution >= 4 is 16.8 Å². The van der Waals surface area contributed by atoms with Crippen LogP contribution in [0.15, 0.2) is 34.7 Å². The Hall–Kier alpha value is -2.67. The van der Waals surface area contributed by atoms with Gasteiger partial charge in [-0.2, -0.15) is 0 Å². The van der Waals surface area contributed by atoms with E-state index in [4.69, 9.17) is 9.15 Å². The molecule has 0 aliphatic carbocycles. The Morgan fingerprint density at radius 1 is 1.36 bits per heavy atom. The minimum Gasteiger partial charge on any atom is -0.420 e. The zero-order chi connectivity index (χ0) is 17.2. The van der Waals surface area contributed by atoms with Crippen molar-refractivity contribution in [2.75, 3.05) is 13.2 Å². The highest BCUT2D eigenvalue weighted by Gasteiger charge is 2.19. The number of carbonyl (C=O) groups is 1. The van der Waals surface area contributed by atoms with Crippen LogP contribution in [0.25, 0.3) is 22.5 Å². The summed E-state index contributed by atoms with van der Waals surface area (Å²) in [5.41, 5.74) is 1.70. The maximum atomic E-state index is 12.4. The molecule has 1 aliphatic heterocycles. The van der Waals surface area contributed by atoms with E-state index in [-0.39, 0.29) is 18.6 Å². The van der Waals surface area contributed by atoms with Gasteiger partial charge in [-0.1, -0.05) is 18.2 Å². The molecule has 1 aromatic carbocycles. The van der Waals surface area contributed by atoms with Crippen LogP contribution in [0.3, 0.4) is 0 Å². The summed E-state index contributed by atoms with van der Waals surface area (Å²) in [6.45, 7) is 3.27. The molecule has 3 heterocycles. The van der Waals surface area contributed by atoms with Crippen LogP contribution < -0.4 is 5.32 Å². The van der Waals surface area contributed by atoms with Crippen molar-refractivity contribution in [3.63, 3.8) is 0 Å². The molecule has 0 unspecified atom stereocenters. The van der Waals surface area contributed by atoms with Crippen LogP contribution in [0, 0.1) is 6.92 Å². The lowest BCUT2D eigenvalue weighted by Crippen LogP contribution is -2.34. The van der Waals surface area contributed by atoms with E-state index in [0.29, 0.717) is 18.3 Å². The third-order valence-corrected chi connectivity index (χ3v) is 4.41. The quantitative estimate of drug-likeness (QED) is 0.770. The fourth-order valence-electron chi connectivity index (χ4n) is 3.19. The fraction of sp³-hybridized carbons (Fsp3) is 0.389. The number of aryl methyl sites for hydroxylation is 1. The van der Waals surface area contributed by atoms with Crippen LogP contribution in [-0.2, 0) is 16.1 Å². The molecular weight excluding hydrogens is 320 g/mol. The average molecular weight is 340 g/mol. The van der Waals surface area contributed by atoms with Crippen LogP contribution in [0.4, 0.5) is 0 Å². The fourth-order valence-corrected chi connectivity index (χ4v) is 3.19. The molecule has 1 N–H and O–H groups in total. The molecule has 3 aromatic rings. The van der Waals surface area contributed by atoms with Gasteiger partial charge in [0.25, 0.3) is 5.89 Å². The van der Waals surface area contributed by atoms with Gasteiger partial charge in [0.15, 0.2) is 0 Å². The number of carbonyl (C=O) groups excluding carboxylic acids is 1. The monoisotopic (exact) mass is 340 g/mol. The number of amides is 1. The van der Waals surface area contributed by atoms with Gasteiger partial charge in [0.2, 0.25) is 11.8 Å². The molecule has 25 heavy (non-hydrogen) atoms. The molecular formula is C18H20N4O3. The first-order valence-corrected chi connectivity index (χ1v) is 8.48. The third kappa shape index (κ3) is 3.28. The zero-order valence-corrected chi connectivity index (χ0v) is 14.1. The topological polar surface area (TPSA) is 82.2 Å². The van der Waals surface area contributed by atoms with Gasteiger partial charge >= 0.3 is 0 Å². The minimum absolute atomic E-state index is 0.0608. The molecule has 130 valence electrons. The third-order valence-electron chi connectivity index (χ3n) is 4.41. The Morgan fingerprint density at radius 3 is 3.00 bits per heavy atom. The first-order valence-electron chi connectivity index (χ1n) is 8.48. The molecule has 0 bridgehead atoms. The van der Waals surface area contributed by atoms with Gasteiger partial charge < -0.3 is 19.0 Å². The van der Waals surface area contributed by atoms with Crippen molar-refractivity contribution in [3.05, 3.63) is 36.2 Å². The van der Waals surface area contributed by atoms with Crippen molar-refractivity contribution in [2.24, 2.45) is 0 Å². The van der Waals surface area contributed by atoms with Crippen molar-refractivity contribution in [1.82, 2.24) is 20.1 Å². The number of ether oxygens (including phenoxy) is 1. The molecule has 1 saturated heterocycles. The Labute approximate surface area is 145 Å². The van der Waals surface area contributed by atoms with E-state index >= 15 is 0 Å². The van der Waals surface area contributed by atoms with Crippen molar-refractivity contribution < 1.29 is 13.9 Å². The SMILES string of the molecule is Cc1nnc(-c2cc3ccccc3n2CC(=O)NC[C@@H]2CCCO2)o1. The maximum Gasteiger partial charge on any atom is 0.264 e. The predicted molar refractivity (Wildman–Crippen MR) is 92.0 cm³/mol. The van der Waals surface area contributed by atoms with Crippen LogP contribution >= 0.6 is 0 Å². The van der Waals surface area contributed by atoms with E-state index in [9.17, 15) is 4.79 Å². The van der Waals surface area contributed by atoms with Crippen molar-refractivity contribution in [2.45, 2.75) is 32.4 Å². The summed E-state index contributed by atoms with van der Waals surface area (Å²) >= 11 is 0. The lowest BCUT2D eigenvalue weighted by molar-refractivity contribution is -0.122. The van der Waals surface area contributed by atoms with Crippen LogP contribution in [0.2, 0.25) is 0 Å². The number of nitrogens with one attached hydrogen (secondary N) is 1. The van der Waals surface area contributed by atoms with Crippen LogP contribution in [0.5, 0.6) is 0 Å². The summed E-state index contributed by atoms with van der Waals surface area (Å²) in [7, 11) is 0.